The van der Waals surface area contributed by atoms with Crippen LogP contribution in [-0.4, -0.2) is 19.0 Å². The van der Waals surface area contributed by atoms with Gasteiger partial charge in [0.05, 0.1) is 6.04 Å². The Hall–Kier alpha value is -2.11. The monoisotopic (exact) mass is 392 g/mol. The quantitative estimate of drug-likeness (QED) is 0.781. The van der Waals surface area contributed by atoms with Gasteiger partial charge in [0.1, 0.15) is 18.2 Å². The molecule has 2 aromatic rings. The van der Waals surface area contributed by atoms with Crippen LogP contribution in [0.5, 0.6) is 5.75 Å². The lowest BCUT2D eigenvalue weighted by Crippen LogP contribution is -2.39. The van der Waals surface area contributed by atoms with Crippen molar-refractivity contribution in [3.8, 4) is 5.75 Å². The van der Waals surface area contributed by atoms with Crippen molar-refractivity contribution in [2.45, 2.75) is 32.4 Å². The van der Waals surface area contributed by atoms with Gasteiger partial charge < -0.3 is 15.4 Å². The standard InChI is InChI=1S/C21H25FN2O2.ClH/c1-15(24-21(25)18-10-12-23-13-11-18)17-4-8-20(9-5-17)26-14-16-2-6-19(22)7-3-16;/h2-9,15,18,23H,10-14H2,1H3,(H,24,25);1H. The van der Waals surface area contributed by atoms with Crippen LogP contribution in [0.2, 0.25) is 0 Å². The average molecular weight is 393 g/mol. The van der Waals surface area contributed by atoms with Gasteiger partial charge in [-0.15, -0.1) is 12.4 Å². The van der Waals surface area contributed by atoms with E-state index in [0.717, 1.165) is 42.8 Å². The van der Waals surface area contributed by atoms with Crippen LogP contribution in [0.4, 0.5) is 4.39 Å². The Bertz CT molecular complexity index is 716. The number of rotatable bonds is 6. The first kappa shape index (κ1) is 21.2. The molecule has 27 heavy (non-hydrogen) atoms. The number of amides is 1. The maximum Gasteiger partial charge on any atom is 0.223 e. The molecule has 1 heterocycles. The third kappa shape index (κ3) is 6.22. The molecule has 0 radical (unpaired) electrons. The Morgan fingerprint density at radius 2 is 1.78 bits per heavy atom. The first-order valence-corrected chi connectivity index (χ1v) is 9.10. The second-order valence-corrected chi connectivity index (χ2v) is 6.74. The van der Waals surface area contributed by atoms with Crippen LogP contribution in [0, 0.1) is 11.7 Å². The van der Waals surface area contributed by atoms with E-state index < -0.39 is 0 Å². The molecular formula is C21H26ClFN2O2. The molecule has 1 aliphatic heterocycles. The molecular weight excluding hydrogens is 367 g/mol. The Morgan fingerprint density at radius 1 is 1.15 bits per heavy atom. The molecule has 0 spiro atoms. The summed E-state index contributed by atoms with van der Waals surface area (Å²) >= 11 is 0. The molecule has 0 aromatic heterocycles. The molecule has 146 valence electrons. The van der Waals surface area contributed by atoms with Crippen molar-refractivity contribution in [2.75, 3.05) is 13.1 Å². The van der Waals surface area contributed by atoms with Gasteiger partial charge in [-0.3, -0.25) is 4.79 Å². The van der Waals surface area contributed by atoms with Crippen LogP contribution >= 0.6 is 12.4 Å². The van der Waals surface area contributed by atoms with Gasteiger partial charge in [-0.2, -0.15) is 0 Å². The van der Waals surface area contributed by atoms with Crippen molar-refractivity contribution in [3.63, 3.8) is 0 Å². The summed E-state index contributed by atoms with van der Waals surface area (Å²) in [5.74, 6) is 0.737. The number of hydrogen-bond acceptors (Lipinski definition) is 3. The minimum atomic E-state index is -0.251. The second kappa shape index (κ2) is 10.3. The molecule has 1 amide bonds. The Labute approximate surface area is 165 Å². The third-order valence-corrected chi connectivity index (χ3v) is 4.77. The van der Waals surface area contributed by atoms with Crippen LogP contribution in [-0.2, 0) is 11.4 Å². The van der Waals surface area contributed by atoms with Gasteiger partial charge >= 0.3 is 0 Å². The Balaban J connectivity index is 0.00000261. The number of ether oxygens (including phenoxy) is 1. The SMILES string of the molecule is CC(NC(=O)C1CCNCC1)c1ccc(OCc2ccc(F)cc2)cc1.Cl. The van der Waals surface area contributed by atoms with Crippen molar-refractivity contribution in [3.05, 3.63) is 65.5 Å². The summed E-state index contributed by atoms with van der Waals surface area (Å²) in [7, 11) is 0. The molecule has 0 aliphatic carbocycles. The summed E-state index contributed by atoms with van der Waals surface area (Å²) in [6, 6.07) is 14.0. The fraction of sp³-hybridized carbons (Fsp3) is 0.381. The summed E-state index contributed by atoms with van der Waals surface area (Å²) in [6.45, 7) is 4.20. The topological polar surface area (TPSA) is 50.4 Å². The highest BCUT2D eigenvalue weighted by Crippen LogP contribution is 2.20. The van der Waals surface area contributed by atoms with Gasteiger partial charge in [0.15, 0.2) is 0 Å². The fourth-order valence-corrected chi connectivity index (χ4v) is 3.10. The zero-order valence-electron chi connectivity index (χ0n) is 15.4. The van der Waals surface area contributed by atoms with Crippen LogP contribution in [0.25, 0.3) is 0 Å². The molecule has 0 bridgehead atoms. The number of benzene rings is 2. The summed E-state index contributed by atoms with van der Waals surface area (Å²) < 4.78 is 18.6. The minimum absolute atomic E-state index is 0. The summed E-state index contributed by atoms with van der Waals surface area (Å²) in [5.41, 5.74) is 1.96. The molecule has 2 N–H and O–H groups in total. The maximum atomic E-state index is 12.9. The molecule has 2 aromatic carbocycles. The molecule has 1 unspecified atom stereocenters. The molecule has 0 saturated carbocycles. The van der Waals surface area contributed by atoms with Gasteiger partial charge in [-0.25, -0.2) is 4.39 Å². The van der Waals surface area contributed by atoms with E-state index in [4.69, 9.17) is 4.74 Å². The minimum Gasteiger partial charge on any atom is -0.489 e. The maximum absolute atomic E-state index is 12.9. The lowest BCUT2D eigenvalue weighted by molar-refractivity contribution is -0.126. The van der Waals surface area contributed by atoms with E-state index in [1.807, 2.05) is 31.2 Å². The number of carbonyl (C=O) groups is 1. The second-order valence-electron chi connectivity index (χ2n) is 6.74. The lowest BCUT2D eigenvalue weighted by atomic mass is 9.96. The van der Waals surface area contributed by atoms with E-state index in [-0.39, 0.29) is 36.1 Å². The average Bonchev–Trinajstić information content (AvgIpc) is 2.68. The molecule has 4 nitrogen and oxygen atoms in total. The fourth-order valence-electron chi connectivity index (χ4n) is 3.10. The van der Waals surface area contributed by atoms with Crippen LogP contribution in [0.3, 0.4) is 0 Å². The molecule has 3 rings (SSSR count). The highest BCUT2D eigenvalue weighted by Gasteiger charge is 2.22. The van der Waals surface area contributed by atoms with Crippen molar-refractivity contribution < 1.29 is 13.9 Å². The molecule has 1 fully saturated rings. The van der Waals surface area contributed by atoms with Crippen molar-refractivity contribution >= 4 is 18.3 Å². The third-order valence-electron chi connectivity index (χ3n) is 4.77. The summed E-state index contributed by atoms with van der Waals surface area (Å²) in [5, 5.41) is 6.38. The molecule has 6 heteroatoms. The smallest absolute Gasteiger partial charge is 0.223 e. The van der Waals surface area contributed by atoms with Gasteiger partial charge in [-0.05, 0) is 68.2 Å². The molecule has 1 saturated heterocycles. The van der Waals surface area contributed by atoms with Crippen LogP contribution < -0.4 is 15.4 Å². The first-order chi connectivity index (χ1) is 12.6. The van der Waals surface area contributed by atoms with E-state index in [0.29, 0.717) is 6.61 Å². The van der Waals surface area contributed by atoms with E-state index in [1.165, 1.54) is 12.1 Å². The number of nitrogens with one attached hydrogen (secondary N) is 2. The molecule has 1 aliphatic rings. The number of hydrogen-bond donors (Lipinski definition) is 2. The van der Waals surface area contributed by atoms with Crippen LogP contribution in [0.15, 0.2) is 48.5 Å². The lowest BCUT2D eigenvalue weighted by Gasteiger charge is -2.24. The first-order valence-electron chi connectivity index (χ1n) is 9.10. The summed E-state index contributed by atoms with van der Waals surface area (Å²) in [4.78, 5) is 12.3. The largest absolute Gasteiger partial charge is 0.489 e. The van der Waals surface area contributed by atoms with Crippen LogP contribution in [0.1, 0.15) is 36.9 Å². The molecule has 1 atom stereocenters. The normalized spacial score (nSPS) is 15.5. The predicted octanol–water partition coefficient (Wildman–Crippen LogP) is 4.00. The summed E-state index contributed by atoms with van der Waals surface area (Å²) in [6.07, 6.45) is 1.80. The van der Waals surface area contributed by atoms with Crippen molar-refractivity contribution in [1.29, 1.82) is 0 Å². The van der Waals surface area contributed by atoms with E-state index >= 15 is 0 Å². The van der Waals surface area contributed by atoms with E-state index in [9.17, 15) is 9.18 Å². The zero-order chi connectivity index (χ0) is 18.4. The predicted molar refractivity (Wildman–Crippen MR) is 107 cm³/mol. The van der Waals surface area contributed by atoms with Gasteiger partial charge in [0, 0.05) is 5.92 Å². The van der Waals surface area contributed by atoms with Crippen molar-refractivity contribution in [2.24, 2.45) is 5.92 Å². The van der Waals surface area contributed by atoms with E-state index in [2.05, 4.69) is 10.6 Å². The van der Waals surface area contributed by atoms with Gasteiger partial charge in [-0.1, -0.05) is 24.3 Å². The zero-order valence-corrected chi connectivity index (χ0v) is 16.2. The van der Waals surface area contributed by atoms with Gasteiger partial charge in [0.2, 0.25) is 5.91 Å². The number of halogens is 2. The Kier molecular flexibility index (Phi) is 8.07. The van der Waals surface area contributed by atoms with Gasteiger partial charge in [0.25, 0.3) is 0 Å². The highest BCUT2D eigenvalue weighted by atomic mass is 35.5. The highest BCUT2D eigenvalue weighted by molar-refractivity contribution is 5.85. The number of piperidine rings is 1. The number of carbonyl (C=O) groups excluding carboxylic acids is 1. The van der Waals surface area contributed by atoms with Crippen molar-refractivity contribution in [1.82, 2.24) is 10.6 Å². The van der Waals surface area contributed by atoms with E-state index in [1.54, 1.807) is 12.1 Å². The Morgan fingerprint density at radius 3 is 2.41 bits per heavy atom.